The highest BCUT2D eigenvalue weighted by molar-refractivity contribution is 7.15. The van der Waals surface area contributed by atoms with Crippen LogP contribution in [-0.2, 0) is 11.3 Å². The molecular weight excluding hydrogens is 316 g/mol. The number of carbonyl (C=O) groups is 1. The number of aryl methyl sites for hydroxylation is 1. The van der Waals surface area contributed by atoms with Crippen LogP contribution in [0.5, 0.6) is 0 Å². The van der Waals surface area contributed by atoms with Crippen LogP contribution < -0.4 is 5.32 Å². The number of nitrogens with zero attached hydrogens (tertiary/aromatic N) is 5. The van der Waals surface area contributed by atoms with Crippen molar-refractivity contribution in [3.05, 3.63) is 35.6 Å². The van der Waals surface area contributed by atoms with E-state index >= 15 is 0 Å². The van der Waals surface area contributed by atoms with Crippen molar-refractivity contribution < 1.29 is 9.53 Å². The Kier molecular flexibility index (Phi) is 4.68. The first-order valence-electron chi connectivity index (χ1n) is 7.28. The summed E-state index contributed by atoms with van der Waals surface area (Å²) in [5.41, 5.74) is 0.397. The number of fused-ring (bicyclic) bond motifs is 1. The lowest BCUT2D eigenvalue weighted by molar-refractivity contribution is 0.0933. The fraction of sp³-hybridized carbons (Fsp3) is 0.429. The van der Waals surface area contributed by atoms with Gasteiger partial charge in [-0.2, -0.15) is 0 Å². The van der Waals surface area contributed by atoms with Gasteiger partial charge in [-0.15, -0.1) is 21.5 Å². The van der Waals surface area contributed by atoms with Crippen LogP contribution in [-0.4, -0.2) is 43.8 Å². The summed E-state index contributed by atoms with van der Waals surface area (Å²) in [6.45, 7) is 3.30. The van der Waals surface area contributed by atoms with Crippen molar-refractivity contribution in [2.45, 2.75) is 25.9 Å². The third-order valence-electron chi connectivity index (χ3n) is 3.45. The standard InChI is InChI=1S/C14H18N6O2S/c1-10(12-18-15-9-20(12)4-3-6-22-2)16-13(21)11-8-19-5-7-23-14(19)17-11/h5,7-10H,3-4,6H2,1-2H3,(H,16,21)/t10-/m0/s1. The summed E-state index contributed by atoms with van der Waals surface area (Å²) in [6.07, 6.45) is 6.12. The Morgan fingerprint density at radius 2 is 2.39 bits per heavy atom. The number of ether oxygens (including phenoxy) is 1. The molecule has 0 unspecified atom stereocenters. The molecule has 0 aliphatic heterocycles. The summed E-state index contributed by atoms with van der Waals surface area (Å²) in [6, 6.07) is -0.257. The zero-order chi connectivity index (χ0) is 16.2. The number of rotatable bonds is 7. The molecule has 0 aromatic carbocycles. The minimum absolute atomic E-state index is 0.222. The van der Waals surface area contributed by atoms with E-state index in [2.05, 4.69) is 20.5 Å². The number of hydrogen-bond donors (Lipinski definition) is 1. The molecule has 0 saturated heterocycles. The molecule has 122 valence electrons. The molecule has 3 aromatic rings. The second kappa shape index (κ2) is 6.88. The molecule has 0 spiro atoms. The molecule has 0 aliphatic rings. The van der Waals surface area contributed by atoms with E-state index in [1.807, 2.05) is 27.5 Å². The van der Waals surface area contributed by atoms with Gasteiger partial charge in [0.05, 0.1) is 6.04 Å². The number of amides is 1. The topological polar surface area (TPSA) is 86.3 Å². The highest BCUT2D eigenvalue weighted by Crippen LogP contribution is 2.14. The Morgan fingerprint density at radius 1 is 1.52 bits per heavy atom. The summed E-state index contributed by atoms with van der Waals surface area (Å²) < 4.78 is 8.81. The number of methoxy groups -OCH3 is 1. The molecule has 1 atom stereocenters. The van der Waals surface area contributed by atoms with Crippen molar-refractivity contribution in [3.63, 3.8) is 0 Å². The molecule has 3 heterocycles. The first kappa shape index (κ1) is 15.6. The maximum absolute atomic E-state index is 12.3. The van der Waals surface area contributed by atoms with Gasteiger partial charge in [-0.3, -0.25) is 9.20 Å². The first-order chi connectivity index (χ1) is 11.2. The van der Waals surface area contributed by atoms with Gasteiger partial charge >= 0.3 is 0 Å². The minimum Gasteiger partial charge on any atom is -0.385 e. The molecule has 8 nitrogen and oxygen atoms in total. The Hall–Kier alpha value is -2.26. The van der Waals surface area contributed by atoms with Gasteiger partial charge in [-0.05, 0) is 13.3 Å². The SMILES string of the molecule is COCCCn1cnnc1[C@H](C)NC(=O)c1cn2ccsc2n1. The molecule has 1 amide bonds. The van der Waals surface area contributed by atoms with Crippen molar-refractivity contribution in [1.82, 2.24) is 29.5 Å². The second-order valence-electron chi connectivity index (χ2n) is 5.14. The number of aromatic nitrogens is 5. The first-order valence-corrected chi connectivity index (χ1v) is 8.16. The van der Waals surface area contributed by atoms with Crippen molar-refractivity contribution in [2.75, 3.05) is 13.7 Å². The molecule has 0 aliphatic carbocycles. The van der Waals surface area contributed by atoms with Gasteiger partial charge in [0.2, 0.25) is 0 Å². The van der Waals surface area contributed by atoms with Crippen LogP contribution in [0, 0.1) is 0 Å². The summed E-state index contributed by atoms with van der Waals surface area (Å²) in [5, 5.41) is 12.9. The fourth-order valence-electron chi connectivity index (χ4n) is 2.32. The number of nitrogens with one attached hydrogen (secondary N) is 1. The number of carbonyl (C=O) groups excluding carboxylic acids is 1. The van der Waals surface area contributed by atoms with Crippen molar-refractivity contribution in [3.8, 4) is 0 Å². The van der Waals surface area contributed by atoms with Crippen LogP contribution in [0.25, 0.3) is 4.96 Å². The van der Waals surface area contributed by atoms with Crippen LogP contribution in [0.1, 0.15) is 35.7 Å². The second-order valence-corrected chi connectivity index (χ2v) is 6.02. The van der Waals surface area contributed by atoms with Crippen molar-refractivity contribution in [1.29, 1.82) is 0 Å². The summed E-state index contributed by atoms with van der Waals surface area (Å²) in [4.78, 5) is 17.4. The summed E-state index contributed by atoms with van der Waals surface area (Å²) in [7, 11) is 1.67. The van der Waals surface area contributed by atoms with E-state index in [-0.39, 0.29) is 11.9 Å². The quantitative estimate of drug-likeness (QED) is 0.662. The number of imidazole rings is 1. The smallest absolute Gasteiger partial charge is 0.272 e. The predicted molar refractivity (Wildman–Crippen MR) is 85.5 cm³/mol. The number of hydrogen-bond acceptors (Lipinski definition) is 6. The normalized spacial score (nSPS) is 12.6. The monoisotopic (exact) mass is 334 g/mol. The average Bonchev–Trinajstić information content (AvgIpc) is 3.22. The highest BCUT2D eigenvalue weighted by atomic mass is 32.1. The van der Waals surface area contributed by atoms with Gasteiger partial charge in [-0.1, -0.05) is 0 Å². The molecule has 0 radical (unpaired) electrons. The fourth-order valence-corrected chi connectivity index (χ4v) is 3.02. The lowest BCUT2D eigenvalue weighted by atomic mass is 10.3. The number of thiazole rings is 1. The van der Waals surface area contributed by atoms with Crippen LogP contribution >= 0.6 is 11.3 Å². The lowest BCUT2D eigenvalue weighted by Gasteiger charge is -2.14. The van der Waals surface area contributed by atoms with Gasteiger partial charge in [0.1, 0.15) is 12.0 Å². The predicted octanol–water partition coefficient (Wildman–Crippen LogP) is 1.51. The van der Waals surface area contributed by atoms with E-state index in [0.29, 0.717) is 12.3 Å². The largest absolute Gasteiger partial charge is 0.385 e. The molecule has 0 bridgehead atoms. The minimum atomic E-state index is -0.257. The van der Waals surface area contributed by atoms with Crippen LogP contribution in [0.4, 0.5) is 0 Å². The highest BCUT2D eigenvalue weighted by Gasteiger charge is 2.18. The van der Waals surface area contributed by atoms with Crippen LogP contribution in [0.2, 0.25) is 0 Å². The van der Waals surface area contributed by atoms with E-state index in [1.54, 1.807) is 19.6 Å². The van der Waals surface area contributed by atoms with Gasteiger partial charge in [0.15, 0.2) is 10.8 Å². The Morgan fingerprint density at radius 3 is 3.17 bits per heavy atom. The molecule has 3 aromatic heterocycles. The third-order valence-corrected chi connectivity index (χ3v) is 4.22. The van der Waals surface area contributed by atoms with Crippen molar-refractivity contribution in [2.24, 2.45) is 0 Å². The van der Waals surface area contributed by atoms with Crippen molar-refractivity contribution >= 4 is 22.2 Å². The summed E-state index contributed by atoms with van der Waals surface area (Å²) in [5.74, 6) is 0.496. The molecule has 3 rings (SSSR count). The zero-order valence-corrected chi connectivity index (χ0v) is 13.8. The Balaban J connectivity index is 1.66. The van der Waals surface area contributed by atoms with E-state index in [4.69, 9.17) is 4.74 Å². The van der Waals surface area contributed by atoms with E-state index in [1.165, 1.54) is 11.3 Å². The molecule has 0 fully saturated rings. The van der Waals surface area contributed by atoms with E-state index < -0.39 is 0 Å². The zero-order valence-electron chi connectivity index (χ0n) is 13.0. The van der Waals surface area contributed by atoms with Gasteiger partial charge < -0.3 is 14.6 Å². The Labute approximate surface area is 137 Å². The Bertz CT molecular complexity index is 763. The lowest BCUT2D eigenvalue weighted by Crippen LogP contribution is -2.29. The molecule has 9 heteroatoms. The van der Waals surface area contributed by atoms with Crippen LogP contribution in [0.15, 0.2) is 24.1 Å². The van der Waals surface area contributed by atoms with E-state index in [0.717, 1.165) is 23.8 Å². The maximum atomic E-state index is 12.3. The molecule has 23 heavy (non-hydrogen) atoms. The van der Waals surface area contributed by atoms with Gasteiger partial charge in [0, 0.05) is 38.0 Å². The summed E-state index contributed by atoms with van der Waals surface area (Å²) >= 11 is 1.49. The van der Waals surface area contributed by atoms with Gasteiger partial charge in [0.25, 0.3) is 5.91 Å². The molecule has 1 N–H and O–H groups in total. The van der Waals surface area contributed by atoms with Crippen LogP contribution in [0.3, 0.4) is 0 Å². The maximum Gasteiger partial charge on any atom is 0.272 e. The molecule has 0 saturated carbocycles. The average molecular weight is 334 g/mol. The van der Waals surface area contributed by atoms with E-state index in [9.17, 15) is 4.79 Å². The van der Waals surface area contributed by atoms with Gasteiger partial charge in [-0.25, -0.2) is 4.98 Å². The molecular formula is C14H18N6O2S. The third kappa shape index (κ3) is 3.40.